The number of anilines is 2. The highest BCUT2D eigenvalue weighted by Crippen LogP contribution is 2.25. The minimum atomic E-state index is -0.764. The smallest absolute Gasteiger partial charge is 0.330 e. The number of carbonyl (C=O) groups is 1. The van der Waals surface area contributed by atoms with Crippen LogP contribution in [0.25, 0.3) is 11.4 Å². The van der Waals surface area contributed by atoms with Gasteiger partial charge in [-0.15, -0.1) is 10.2 Å². The van der Waals surface area contributed by atoms with Crippen LogP contribution in [0.2, 0.25) is 0 Å². The van der Waals surface area contributed by atoms with Crippen LogP contribution >= 0.6 is 11.8 Å². The maximum absolute atomic E-state index is 14.2. The summed E-state index contributed by atoms with van der Waals surface area (Å²) < 4.78 is 16.5. The molecule has 0 fully saturated rings. The quantitative estimate of drug-likeness (QED) is 0.216. The summed E-state index contributed by atoms with van der Waals surface area (Å²) in [6.45, 7) is 4.05. The van der Waals surface area contributed by atoms with Crippen molar-refractivity contribution in [2.75, 3.05) is 28.8 Å². The molecule has 4 rings (SSSR count). The lowest BCUT2D eigenvalue weighted by Crippen LogP contribution is -2.43. The molecule has 38 heavy (non-hydrogen) atoms. The molecule has 4 aromatic rings. The maximum Gasteiger partial charge on any atom is 0.330 e. The Morgan fingerprint density at radius 2 is 1.79 bits per heavy atom. The number of H-pyrrole nitrogens is 1. The molecular weight excluding hydrogens is 511 g/mol. The van der Waals surface area contributed by atoms with Crippen molar-refractivity contribution in [2.45, 2.75) is 25.5 Å². The monoisotopic (exact) mass is 538 g/mol. The highest BCUT2D eigenvalue weighted by molar-refractivity contribution is 7.99. The fourth-order valence-electron chi connectivity index (χ4n) is 3.85. The van der Waals surface area contributed by atoms with E-state index < -0.39 is 23.0 Å². The van der Waals surface area contributed by atoms with Crippen LogP contribution in [-0.4, -0.2) is 42.6 Å². The summed E-state index contributed by atoms with van der Waals surface area (Å²) in [7, 11) is 0. The normalized spacial score (nSPS) is 11.2. The molecule has 2 aromatic carbocycles. The average Bonchev–Trinajstić information content (AvgIpc) is 3.25. The van der Waals surface area contributed by atoms with Gasteiger partial charge < -0.3 is 16.5 Å². The van der Waals surface area contributed by atoms with Gasteiger partial charge in [0.25, 0.3) is 5.56 Å². The molecule has 198 valence electrons. The Labute approximate surface area is 221 Å². The van der Waals surface area contributed by atoms with Gasteiger partial charge in [0.1, 0.15) is 11.6 Å². The third-order valence-electron chi connectivity index (χ3n) is 5.62. The lowest BCUT2D eigenvalue weighted by Gasteiger charge is -2.26. The minimum Gasteiger partial charge on any atom is -0.383 e. The third kappa shape index (κ3) is 5.62. The fraction of sp³-hybridized carbons (Fsp3) is 0.240. The average molecular weight is 539 g/mol. The van der Waals surface area contributed by atoms with E-state index in [0.29, 0.717) is 0 Å². The summed E-state index contributed by atoms with van der Waals surface area (Å²) in [5.41, 5.74) is 5.73. The van der Waals surface area contributed by atoms with Crippen LogP contribution in [0.1, 0.15) is 19.4 Å². The molecule has 0 unspecified atom stereocenters. The first-order valence-electron chi connectivity index (χ1n) is 11.7. The van der Waals surface area contributed by atoms with E-state index in [1.807, 2.05) is 44.2 Å². The van der Waals surface area contributed by atoms with Crippen LogP contribution in [0.15, 0.2) is 69.3 Å². The zero-order valence-electron chi connectivity index (χ0n) is 20.8. The molecular formula is C25H27FN8O3S. The second-order valence-electron chi connectivity index (χ2n) is 8.91. The fourth-order valence-corrected chi connectivity index (χ4v) is 4.58. The zero-order chi connectivity index (χ0) is 27.4. The molecule has 0 radical (unpaired) electrons. The Bertz CT molecular complexity index is 1570. The number of aromatic amines is 1. The van der Waals surface area contributed by atoms with Crippen LogP contribution in [0.5, 0.6) is 0 Å². The van der Waals surface area contributed by atoms with Crippen molar-refractivity contribution < 1.29 is 9.18 Å². The van der Waals surface area contributed by atoms with Gasteiger partial charge in [-0.05, 0) is 23.6 Å². The van der Waals surface area contributed by atoms with E-state index >= 15 is 0 Å². The van der Waals surface area contributed by atoms with Crippen LogP contribution in [0.3, 0.4) is 0 Å². The van der Waals surface area contributed by atoms with E-state index in [-0.39, 0.29) is 52.8 Å². The van der Waals surface area contributed by atoms with Gasteiger partial charge in [0.2, 0.25) is 11.1 Å². The summed E-state index contributed by atoms with van der Waals surface area (Å²) in [6.07, 6.45) is 0. The molecule has 0 saturated carbocycles. The minimum absolute atomic E-state index is 0.0249. The molecule has 13 heteroatoms. The molecule has 0 aliphatic rings. The number of nitrogens with one attached hydrogen (secondary N) is 1. The predicted octanol–water partition coefficient (Wildman–Crippen LogP) is 2.06. The Morgan fingerprint density at radius 1 is 1.11 bits per heavy atom. The number of rotatable bonds is 9. The number of carbonyl (C=O) groups excluding carboxylic acids is 1. The van der Waals surface area contributed by atoms with Crippen LogP contribution in [-0.2, 0) is 11.3 Å². The molecule has 2 aromatic heterocycles. The number of aromatic nitrogens is 5. The molecule has 0 saturated heterocycles. The summed E-state index contributed by atoms with van der Waals surface area (Å²) in [4.78, 5) is 42.4. The molecule has 0 bridgehead atoms. The number of nitrogen functional groups attached to an aromatic ring is 2. The first-order chi connectivity index (χ1) is 18.2. The van der Waals surface area contributed by atoms with E-state index in [1.54, 1.807) is 12.1 Å². The van der Waals surface area contributed by atoms with Gasteiger partial charge in [-0.2, -0.15) is 0 Å². The topological polar surface area (TPSA) is 158 Å². The van der Waals surface area contributed by atoms with Crippen molar-refractivity contribution in [3.8, 4) is 11.4 Å². The van der Waals surface area contributed by atoms with Gasteiger partial charge in [0, 0.05) is 6.54 Å². The molecule has 2 heterocycles. The van der Waals surface area contributed by atoms with Crippen molar-refractivity contribution in [2.24, 2.45) is 5.92 Å². The Morgan fingerprint density at radius 3 is 2.47 bits per heavy atom. The summed E-state index contributed by atoms with van der Waals surface area (Å²) in [5, 5.41) is 8.11. The largest absolute Gasteiger partial charge is 0.383 e. The molecule has 0 aliphatic carbocycles. The number of nitrogens with two attached hydrogens (primary N) is 2. The zero-order valence-corrected chi connectivity index (χ0v) is 21.6. The summed E-state index contributed by atoms with van der Waals surface area (Å²) in [6, 6.07) is 15.1. The van der Waals surface area contributed by atoms with Gasteiger partial charge >= 0.3 is 5.69 Å². The molecule has 0 aliphatic heterocycles. The van der Waals surface area contributed by atoms with E-state index in [0.717, 1.165) is 22.0 Å². The lowest BCUT2D eigenvalue weighted by molar-refractivity contribution is -0.116. The number of hydrogen-bond acceptors (Lipinski definition) is 8. The third-order valence-corrected chi connectivity index (χ3v) is 6.55. The van der Waals surface area contributed by atoms with E-state index in [9.17, 15) is 18.8 Å². The number of thioether (sulfide) groups is 1. The van der Waals surface area contributed by atoms with Crippen molar-refractivity contribution in [3.05, 3.63) is 86.8 Å². The standard InChI is InChI=1S/C25H27FN8O3S/c1-15(2)12-32(20-21(27)33(24(37)29-23(20)36)13-16-8-4-3-5-9-16)19(35)14-38-25-31-30-22(34(25)28)17-10-6-7-11-18(17)26/h3-11,15H,12-14,27-28H2,1-2H3,(H,29,36,37). The van der Waals surface area contributed by atoms with Gasteiger partial charge in [-0.25, -0.2) is 13.9 Å². The van der Waals surface area contributed by atoms with Crippen molar-refractivity contribution in [1.82, 2.24) is 24.4 Å². The van der Waals surface area contributed by atoms with Crippen molar-refractivity contribution in [3.63, 3.8) is 0 Å². The van der Waals surface area contributed by atoms with Crippen molar-refractivity contribution in [1.29, 1.82) is 0 Å². The van der Waals surface area contributed by atoms with Gasteiger partial charge in [0.15, 0.2) is 11.5 Å². The van der Waals surface area contributed by atoms with Crippen LogP contribution < -0.4 is 27.7 Å². The number of amides is 1. The molecule has 11 nitrogen and oxygen atoms in total. The van der Waals surface area contributed by atoms with Crippen LogP contribution in [0.4, 0.5) is 15.9 Å². The SMILES string of the molecule is CC(C)CN(C(=O)CSc1nnc(-c2ccccc2F)n1N)c1c(N)n(Cc2ccccc2)c(=O)[nH]c1=O. The number of halogens is 1. The number of nitrogens with zero attached hydrogens (tertiary/aromatic N) is 5. The highest BCUT2D eigenvalue weighted by Gasteiger charge is 2.26. The molecule has 1 amide bonds. The van der Waals surface area contributed by atoms with E-state index in [1.165, 1.54) is 21.6 Å². The lowest BCUT2D eigenvalue weighted by atomic mass is 10.2. The maximum atomic E-state index is 14.2. The van der Waals surface area contributed by atoms with Crippen LogP contribution in [0, 0.1) is 11.7 Å². The number of hydrogen-bond donors (Lipinski definition) is 3. The van der Waals surface area contributed by atoms with Gasteiger partial charge in [0.05, 0.1) is 17.9 Å². The first kappa shape index (κ1) is 26.7. The molecule has 0 atom stereocenters. The Balaban J connectivity index is 1.62. The molecule has 0 spiro atoms. The number of benzene rings is 2. The summed E-state index contributed by atoms with van der Waals surface area (Å²) >= 11 is 0.977. The van der Waals surface area contributed by atoms with E-state index in [4.69, 9.17) is 11.6 Å². The van der Waals surface area contributed by atoms with Gasteiger partial charge in [-0.3, -0.25) is 19.1 Å². The molecule has 5 N–H and O–H groups in total. The summed E-state index contributed by atoms with van der Waals surface area (Å²) in [5.74, 6) is 4.90. The van der Waals surface area contributed by atoms with Gasteiger partial charge in [-0.1, -0.05) is 68.1 Å². The Hall–Kier alpha value is -4.39. The second kappa shape index (κ2) is 11.3. The highest BCUT2D eigenvalue weighted by atomic mass is 32.2. The predicted molar refractivity (Wildman–Crippen MR) is 145 cm³/mol. The first-order valence-corrected chi connectivity index (χ1v) is 12.7. The van der Waals surface area contributed by atoms with Crippen molar-refractivity contribution >= 4 is 29.2 Å². The Kier molecular flexibility index (Phi) is 7.96. The van der Waals surface area contributed by atoms with E-state index in [2.05, 4.69) is 15.2 Å². The second-order valence-corrected chi connectivity index (χ2v) is 9.85.